The van der Waals surface area contributed by atoms with Crippen molar-refractivity contribution in [3.8, 4) is 0 Å². The Kier molecular flexibility index (Phi) is 3.68. The number of hydrogen-bond donors (Lipinski definition) is 3. The van der Waals surface area contributed by atoms with Gasteiger partial charge in [-0.05, 0) is 36.4 Å². The van der Waals surface area contributed by atoms with E-state index in [1.807, 2.05) is 0 Å². The van der Waals surface area contributed by atoms with E-state index in [9.17, 15) is 13.2 Å². The third-order valence-corrected chi connectivity index (χ3v) is 3.37. The maximum absolute atomic E-state index is 11.9. The molecule has 0 spiro atoms. The fraction of sp³-hybridized carbons (Fsp3) is 0. The zero-order valence-corrected chi connectivity index (χ0v) is 11.1. The SMILES string of the molecule is Nc1cccc(C(=O)Nc2ccc(S(N)(=O)=O)cc2)n1. The van der Waals surface area contributed by atoms with Crippen molar-refractivity contribution in [1.82, 2.24) is 4.98 Å². The van der Waals surface area contributed by atoms with Gasteiger partial charge in [-0.25, -0.2) is 18.5 Å². The molecule has 0 unspecified atom stereocenters. The second kappa shape index (κ2) is 5.27. The number of nitrogens with one attached hydrogen (secondary N) is 1. The van der Waals surface area contributed by atoms with Crippen molar-refractivity contribution < 1.29 is 13.2 Å². The summed E-state index contributed by atoms with van der Waals surface area (Å²) >= 11 is 0. The van der Waals surface area contributed by atoms with Crippen LogP contribution in [-0.4, -0.2) is 19.3 Å². The maximum Gasteiger partial charge on any atom is 0.274 e. The molecule has 20 heavy (non-hydrogen) atoms. The third-order valence-electron chi connectivity index (χ3n) is 2.44. The smallest absolute Gasteiger partial charge is 0.274 e. The molecule has 0 saturated heterocycles. The fourth-order valence-corrected chi connectivity index (χ4v) is 2.02. The van der Waals surface area contributed by atoms with Gasteiger partial charge in [0.2, 0.25) is 10.0 Å². The lowest BCUT2D eigenvalue weighted by atomic mass is 10.3. The Bertz CT molecular complexity index is 742. The largest absolute Gasteiger partial charge is 0.384 e. The van der Waals surface area contributed by atoms with Crippen LogP contribution in [0, 0.1) is 0 Å². The summed E-state index contributed by atoms with van der Waals surface area (Å²) < 4.78 is 22.2. The number of nitrogens with zero attached hydrogens (tertiary/aromatic N) is 1. The number of nitrogen functional groups attached to an aromatic ring is 1. The number of pyridine rings is 1. The monoisotopic (exact) mass is 292 g/mol. The molecule has 2 rings (SSSR count). The van der Waals surface area contributed by atoms with E-state index in [1.165, 1.54) is 30.3 Å². The molecule has 0 aliphatic carbocycles. The molecule has 2 aromatic rings. The first-order valence-electron chi connectivity index (χ1n) is 5.53. The fourth-order valence-electron chi connectivity index (χ4n) is 1.50. The Balaban J connectivity index is 2.16. The number of benzene rings is 1. The number of anilines is 2. The topological polar surface area (TPSA) is 128 Å². The molecule has 1 aromatic heterocycles. The number of rotatable bonds is 3. The standard InChI is InChI=1S/C12H12N4O3S/c13-11-3-1-2-10(16-11)12(17)15-8-4-6-9(7-5-8)20(14,18)19/h1-7H,(H2,13,16)(H,15,17)(H2,14,18,19). The molecule has 1 amide bonds. The zero-order chi connectivity index (χ0) is 14.8. The Morgan fingerprint density at radius 3 is 2.30 bits per heavy atom. The van der Waals surface area contributed by atoms with Gasteiger partial charge in [0.05, 0.1) is 4.90 Å². The molecule has 7 nitrogen and oxygen atoms in total. The highest BCUT2D eigenvalue weighted by Crippen LogP contribution is 2.13. The molecular formula is C12H12N4O3S. The summed E-state index contributed by atoms with van der Waals surface area (Å²) in [7, 11) is -3.75. The molecule has 1 heterocycles. The molecule has 0 fully saturated rings. The summed E-state index contributed by atoms with van der Waals surface area (Å²) in [5, 5.41) is 7.55. The van der Waals surface area contributed by atoms with Crippen LogP contribution in [0.4, 0.5) is 11.5 Å². The maximum atomic E-state index is 11.9. The summed E-state index contributed by atoms with van der Waals surface area (Å²) in [6.45, 7) is 0. The van der Waals surface area contributed by atoms with Crippen molar-refractivity contribution in [2.45, 2.75) is 4.90 Å². The first-order valence-corrected chi connectivity index (χ1v) is 7.07. The molecule has 8 heteroatoms. The summed E-state index contributed by atoms with van der Waals surface area (Å²) in [6.07, 6.45) is 0. The predicted octanol–water partition coefficient (Wildman–Crippen LogP) is 0.563. The lowest BCUT2D eigenvalue weighted by Gasteiger charge is -2.06. The molecule has 0 saturated carbocycles. The van der Waals surface area contributed by atoms with Gasteiger partial charge in [0, 0.05) is 5.69 Å². The average molecular weight is 292 g/mol. The van der Waals surface area contributed by atoms with Gasteiger partial charge in [-0.15, -0.1) is 0 Å². The van der Waals surface area contributed by atoms with Crippen LogP contribution in [0.1, 0.15) is 10.5 Å². The van der Waals surface area contributed by atoms with Gasteiger partial charge < -0.3 is 11.1 Å². The molecule has 0 radical (unpaired) electrons. The highest BCUT2D eigenvalue weighted by Gasteiger charge is 2.10. The highest BCUT2D eigenvalue weighted by atomic mass is 32.2. The number of nitrogens with two attached hydrogens (primary N) is 2. The number of carbonyl (C=O) groups excluding carboxylic acids is 1. The second-order valence-electron chi connectivity index (χ2n) is 3.97. The van der Waals surface area contributed by atoms with E-state index < -0.39 is 15.9 Å². The van der Waals surface area contributed by atoms with Crippen LogP contribution in [0.25, 0.3) is 0 Å². The number of amides is 1. The van der Waals surface area contributed by atoms with Crippen LogP contribution in [-0.2, 0) is 10.0 Å². The Morgan fingerprint density at radius 2 is 1.75 bits per heavy atom. The van der Waals surface area contributed by atoms with Crippen LogP contribution >= 0.6 is 0 Å². The van der Waals surface area contributed by atoms with Gasteiger partial charge >= 0.3 is 0 Å². The van der Waals surface area contributed by atoms with Crippen LogP contribution in [0.5, 0.6) is 0 Å². The van der Waals surface area contributed by atoms with Gasteiger partial charge in [0.25, 0.3) is 5.91 Å². The molecule has 1 aromatic carbocycles. The van der Waals surface area contributed by atoms with Crippen molar-refractivity contribution in [2.75, 3.05) is 11.1 Å². The van der Waals surface area contributed by atoms with Crippen molar-refractivity contribution in [2.24, 2.45) is 5.14 Å². The van der Waals surface area contributed by atoms with E-state index in [4.69, 9.17) is 10.9 Å². The van der Waals surface area contributed by atoms with Crippen molar-refractivity contribution in [3.63, 3.8) is 0 Å². The Hall–Kier alpha value is -2.45. The van der Waals surface area contributed by atoms with E-state index in [2.05, 4.69) is 10.3 Å². The van der Waals surface area contributed by atoms with Gasteiger partial charge in [-0.3, -0.25) is 4.79 Å². The lowest BCUT2D eigenvalue weighted by molar-refractivity contribution is 0.102. The molecule has 0 aliphatic rings. The highest BCUT2D eigenvalue weighted by molar-refractivity contribution is 7.89. The summed E-state index contributed by atoms with van der Waals surface area (Å²) in [5.74, 6) is -0.206. The first kappa shape index (κ1) is 14.0. The van der Waals surface area contributed by atoms with Gasteiger partial charge in [0.1, 0.15) is 11.5 Å². The molecule has 5 N–H and O–H groups in total. The average Bonchev–Trinajstić information content (AvgIpc) is 2.38. The molecule has 0 atom stereocenters. The first-order chi connectivity index (χ1) is 9.36. The normalized spacial score (nSPS) is 11.1. The van der Waals surface area contributed by atoms with Gasteiger partial charge in [0.15, 0.2) is 0 Å². The molecule has 0 bridgehead atoms. The number of primary sulfonamides is 1. The van der Waals surface area contributed by atoms with Gasteiger partial charge in [-0.2, -0.15) is 0 Å². The minimum atomic E-state index is -3.75. The minimum Gasteiger partial charge on any atom is -0.384 e. The second-order valence-corrected chi connectivity index (χ2v) is 5.53. The Morgan fingerprint density at radius 1 is 1.10 bits per heavy atom. The van der Waals surface area contributed by atoms with Crippen molar-refractivity contribution in [1.29, 1.82) is 0 Å². The number of sulfonamides is 1. The zero-order valence-electron chi connectivity index (χ0n) is 10.3. The third kappa shape index (κ3) is 3.31. The van der Waals surface area contributed by atoms with Crippen LogP contribution in [0.3, 0.4) is 0 Å². The Labute approximate surface area is 115 Å². The van der Waals surface area contributed by atoms with Crippen molar-refractivity contribution in [3.05, 3.63) is 48.2 Å². The van der Waals surface area contributed by atoms with E-state index in [1.54, 1.807) is 12.1 Å². The predicted molar refractivity (Wildman–Crippen MR) is 74.4 cm³/mol. The van der Waals surface area contributed by atoms with E-state index in [-0.39, 0.29) is 16.4 Å². The van der Waals surface area contributed by atoms with E-state index in [0.717, 1.165) is 0 Å². The van der Waals surface area contributed by atoms with Crippen molar-refractivity contribution >= 4 is 27.4 Å². The van der Waals surface area contributed by atoms with Crippen LogP contribution < -0.4 is 16.2 Å². The lowest BCUT2D eigenvalue weighted by Crippen LogP contribution is -2.15. The molecule has 104 valence electrons. The summed E-state index contributed by atoms with van der Waals surface area (Å²) in [6, 6.07) is 10.2. The number of hydrogen-bond acceptors (Lipinski definition) is 5. The van der Waals surface area contributed by atoms with E-state index >= 15 is 0 Å². The summed E-state index contributed by atoms with van der Waals surface area (Å²) in [4.78, 5) is 15.7. The summed E-state index contributed by atoms with van der Waals surface area (Å²) in [5.41, 5.74) is 6.08. The minimum absolute atomic E-state index is 0.0300. The number of aromatic nitrogens is 1. The van der Waals surface area contributed by atoms with Crippen LogP contribution in [0.15, 0.2) is 47.4 Å². The van der Waals surface area contributed by atoms with Gasteiger partial charge in [-0.1, -0.05) is 6.07 Å². The van der Waals surface area contributed by atoms with E-state index in [0.29, 0.717) is 5.69 Å². The molecular weight excluding hydrogens is 280 g/mol. The molecule has 0 aliphatic heterocycles. The van der Waals surface area contributed by atoms with Crippen LogP contribution in [0.2, 0.25) is 0 Å². The number of carbonyl (C=O) groups is 1. The quantitative estimate of drug-likeness (QED) is 0.761.